The van der Waals surface area contributed by atoms with Crippen molar-refractivity contribution in [2.75, 3.05) is 25.5 Å². The SMILES string of the molecule is C=CCN(CC(=O)Nc1ccc(C)cc1Cl)S(=O)(=O)c1ccc(OC)cc1. The lowest BCUT2D eigenvalue weighted by molar-refractivity contribution is -0.116. The molecule has 2 rings (SSSR count). The Balaban J connectivity index is 2.19. The molecule has 0 spiro atoms. The van der Waals surface area contributed by atoms with E-state index in [1.54, 1.807) is 30.3 Å². The smallest absolute Gasteiger partial charge is 0.243 e. The highest BCUT2D eigenvalue weighted by atomic mass is 35.5. The molecule has 0 fully saturated rings. The first-order valence-corrected chi connectivity index (χ1v) is 9.91. The third kappa shape index (κ3) is 5.32. The summed E-state index contributed by atoms with van der Waals surface area (Å²) in [5.41, 5.74) is 1.38. The number of carbonyl (C=O) groups is 1. The monoisotopic (exact) mass is 408 g/mol. The summed E-state index contributed by atoms with van der Waals surface area (Å²) in [5, 5.41) is 3.02. The molecule has 0 unspecified atom stereocenters. The summed E-state index contributed by atoms with van der Waals surface area (Å²) in [6.45, 7) is 5.07. The highest BCUT2D eigenvalue weighted by Gasteiger charge is 2.26. The summed E-state index contributed by atoms with van der Waals surface area (Å²) < 4.78 is 31.8. The van der Waals surface area contributed by atoms with Gasteiger partial charge in [-0.15, -0.1) is 6.58 Å². The van der Waals surface area contributed by atoms with Crippen LogP contribution in [0, 0.1) is 6.92 Å². The third-order valence-electron chi connectivity index (χ3n) is 3.75. The standard InChI is InChI=1S/C19H21ClN2O4S/c1-4-11-22(27(24,25)16-8-6-15(26-3)7-9-16)13-19(23)21-18-10-5-14(2)12-17(18)20/h4-10,12H,1,11,13H2,2-3H3,(H,21,23). The second-order valence-electron chi connectivity index (χ2n) is 5.79. The van der Waals surface area contributed by atoms with Gasteiger partial charge in [-0.25, -0.2) is 8.42 Å². The summed E-state index contributed by atoms with van der Waals surface area (Å²) in [7, 11) is -2.39. The van der Waals surface area contributed by atoms with E-state index in [4.69, 9.17) is 16.3 Å². The third-order valence-corrected chi connectivity index (χ3v) is 5.89. The minimum atomic E-state index is -3.88. The molecule has 0 saturated heterocycles. The molecule has 0 saturated carbocycles. The van der Waals surface area contributed by atoms with E-state index >= 15 is 0 Å². The maximum Gasteiger partial charge on any atom is 0.243 e. The number of amides is 1. The predicted molar refractivity (Wildman–Crippen MR) is 107 cm³/mol. The average molecular weight is 409 g/mol. The van der Waals surface area contributed by atoms with E-state index in [1.807, 2.05) is 6.92 Å². The minimum absolute atomic E-state index is 0.0105. The number of aryl methyl sites for hydroxylation is 1. The second-order valence-corrected chi connectivity index (χ2v) is 8.14. The van der Waals surface area contributed by atoms with Crippen molar-refractivity contribution in [1.29, 1.82) is 0 Å². The Labute approximate surface area is 164 Å². The van der Waals surface area contributed by atoms with Crippen LogP contribution in [0.1, 0.15) is 5.56 Å². The van der Waals surface area contributed by atoms with Gasteiger partial charge in [-0.3, -0.25) is 4.79 Å². The van der Waals surface area contributed by atoms with Gasteiger partial charge in [0.1, 0.15) is 5.75 Å². The number of nitrogens with zero attached hydrogens (tertiary/aromatic N) is 1. The summed E-state index contributed by atoms with van der Waals surface area (Å²) in [4.78, 5) is 12.4. The lowest BCUT2D eigenvalue weighted by Gasteiger charge is -2.20. The van der Waals surface area contributed by atoms with Crippen molar-refractivity contribution in [1.82, 2.24) is 4.31 Å². The molecular weight excluding hydrogens is 388 g/mol. The number of rotatable bonds is 8. The summed E-state index contributed by atoms with van der Waals surface area (Å²) in [5.74, 6) is 0.0377. The van der Waals surface area contributed by atoms with Gasteiger partial charge in [0.2, 0.25) is 15.9 Å². The zero-order chi connectivity index (χ0) is 20.0. The zero-order valence-corrected chi connectivity index (χ0v) is 16.7. The van der Waals surface area contributed by atoms with Gasteiger partial charge in [0.15, 0.2) is 0 Å². The number of benzene rings is 2. The first-order chi connectivity index (χ1) is 12.8. The van der Waals surface area contributed by atoms with Crippen molar-refractivity contribution in [3.8, 4) is 5.75 Å². The number of carbonyl (C=O) groups excluding carboxylic acids is 1. The van der Waals surface area contributed by atoms with Crippen LogP contribution in [0.3, 0.4) is 0 Å². The number of halogens is 1. The van der Waals surface area contributed by atoms with Crippen LogP contribution in [0.25, 0.3) is 0 Å². The number of ether oxygens (including phenoxy) is 1. The van der Waals surface area contributed by atoms with Gasteiger partial charge in [0.05, 0.1) is 29.3 Å². The Morgan fingerprint density at radius 2 is 1.93 bits per heavy atom. The first kappa shape index (κ1) is 21.0. The van der Waals surface area contributed by atoms with Gasteiger partial charge in [-0.1, -0.05) is 23.7 Å². The number of sulfonamides is 1. The highest BCUT2D eigenvalue weighted by molar-refractivity contribution is 7.89. The molecular formula is C19H21ClN2O4S. The van der Waals surface area contributed by atoms with Gasteiger partial charge in [-0.05, 0) is 48.9 Å². The fourth-order valence-corrected chi connectivity index (χ4v) is 4.01. The van der Waals surface area contributed by atoms with Crippen molar-refractivity contribution < 1.29 is 17.9 Å². The van der Waals surface area contributed by atoms with Crippen LogP contribution in [0.4, 0.5) is 5.69 Å². The van der Waals surface area contributed by atoms with Crippen LogP contribution in [0.5, 0.6) is 5.75 Å². The van der Waals surface area contributed by atoms with Gasteiger partial charge >= 0.3 is 0 Å². The van der Waals surface area contributed by atoms with Crippen LogP contribution in [-0.2, 0) is 14.8 Å². The molecule has 0 bridgehead atoms. The van der Waals surface area contributed by atoms with Crippen molar-refractivity contribution in [2.24, 2.45) is 0 Å². The maximum atomic E-state index is 12.9. The van der Waals surface area contributed by atoms with Crippen LogP contribution in [0.2, 0.25) is 5.02 Å². The summed E-state index contributed by atoms with van der Waals surface area (Å²) in [6, 6.07) is 11.1. The Kier molecular flexibility index (Phi) is 7.01. The van der Waals surface area contributed by atoms with E-state index in [-0.39, 0.29) is 18.0 Å². The van der Waals surface area contributed by atoms with E-state index in [0.29, 0.717) is 16.5 Å². The molecule has 27 heavy (non-hydrogen) atoms. The van der Waals surface area contributed by atoms with E-state index in [1.165, 1.54) is 25.3 Å². The lowest BCUT2D eigenvalue weighted by Crippen LogP contribution is -2.38. The molecule has 0 heterocycles. The van der Waals surface area contributed by atoms with Crippen LogP contribution in [-0.4, -0.2) is 38.8 Å². The molecule has 0 aromatic heterocycles. The van der Waals surface area contributed by atoms with E-state index < -0.39 is 15.9 Å². The molecule has 8 heteroatoms. The number of anilines is 1. The maximum absolute atomic E-state index is 12.9. The van der Waals surface area contributed by atoms with Gasteiger partial charge < -0.3 is 10.1 Å². The molecule has 0 aliphatic rings. The molecule has 2 aromatic carbocycles. The largest absolute Gasteiger partial charge is 0.497 e. The Morgan fingerprint density at radius 3 is 2.48 bits per heavy atom. The van der Waals surface area contributed by atoms with Crippen LogP contribution in [0.15, 0.2) is 60.0 Å². The quantitative estimate of drug-likeness (QED) is 0.678. The molecule has 0 aliphatic carbocycles. The number of nitrogens with one attached hydrogen (secondary N) is 1. The highest BCUT2D eigenvalue weighted by Crippen LogP contribution is 2.23. The molecule has 2 aromatic rings. The van der Waals surface area contributed by atoms with Crippen molar-refractivity contribution in [3.05, 3.63) is 65.7 Å². The molecule has 0 atom stereocenters. The normalized spacial score (nSPS) is 11.3. The Bertz CT molecular complexity index is 927. The van der Waals surface area contributed by atoms with Crippen LogP contribution < -0.4 is 10.1 Å². The fraction of sp³-hybridized carbons (Fsp3) is 0.211. The van der Waals surface area contributed by atoms with Gasteiger partial charge in [0.25, 0.3) is 0 Å². The van der Waals surface area contributed by atoms with E-state index in [0.717, 1.165) is 9.87 Å². The van der Waals surface area contributed by atoms with Crippen molar-refractivity contribution in [2.45, 2.75) is 11.8 Å². The molecule has 144 valence electrons. The lowest BCUT2D eigenvalue weighted by atomic mass is 10.2. The number of methoxy groups -OCH3 is 1. The average Bonchev–Trinajstić information content (AvgIpc) is 2.63. The topological polar surface area (TPSA) is 75.7 Å². The molecule has 1 amide bonds. The van der Waals surface area contributed by atoms with E-state index in [2.05, 4.69) is 11.9 Å². The molecule has 1 N–H and O–H groups in total. The van der Waals surface area contributed by atoms with Crippen LogP contribution >= 0.6 is 11.6 Å². The summed E-state index contributed by atoms with van der Waals surface area (Å²) >= 11 is 6.11. The fourth-order valence-electron chi connectivity index (χ4n) is 2.36. The van der Waals surface area contributed by atoms with Crippen molar-refractivity contribution in [3.63, 3.8) is 0 Å². The number of hydrogen-bond donors (Lipinski definition) is 1. The first-order valence-electron chi connectivity index (χ1n) is 8.09. The van der Waals surface area contributed by atoms with Gasteiger partial charge in [-0.2, -0.15) is 4.31 Å². The van der Waals surface area contributed by atoms with Crippen molar-refractivity contribution >= 4 is 33.2 Å². The number of hydrogen-bond acceptors (Lipinski definition) is 4. The Morgan fingerprint density at radius 1 is 1.26 bits per heavy atom. The summed E-state index contributed by atoms with van der Waals surface area (Å²) in [6.07, 6.45) is 1.42. The second kappa shape index (κ2) is 9.03. The molecule has 6 nitrogen and oxygen atoms in total. The zero-order valence-electron chi connectivity index (χ0n) is 15.1. The van der Waals surface area contributed by atoms with E-state index in [9.17, 15) is 13.2 Å². The minimum Gasteiger partial charge on any atom is -0.497 e. The molecule has 0 aliphatic heterocycles. The Hall–Kier alpha value is -2.35. The van der Waals surface area contributed by atoms with Gasteiger partial charge in [0, 0.05) is 6.54 Å². The molecule has 0 radical (unpaired) electrons. The predicted octanol–water partition coefficient (Wildman–Crippen LogP) is 3.47.